The molecule has 0 radical (unpaired) electrons. The van der Waals surface area contributed by atoms with Crippen molar-refractivity contribution in [3.8, 4) is 11.3 Å². The zero-order valence-corrected chi connectivity index (χ0v) is 22.8. The second kappa shape index (κ2) is 10.8. The molecule has 1 fully saturated rings. The summed E-state index contributed by atoms with van der Waals surface area (Å²) < 4.78 is 26.7. The maximum atomic E-state index is 13.7. The molecule has 5 heterocycles. The van der Waals surface area contributed by atoms with Crippen LogP contribution in [0.15, 0.2) is 48.8 Å². The van der Waals surface area contributed by atoms with Gasteiger partial charge in [-0.05, 0) is 43.9 Å². The van der Waals surface area contributed by atoms with Crippen LogP contribution >= 0.6 is 0 Å². The van der Waals surface area contributed by atoms with E-state index in [2.05, 4.69) is 31.5 Å². The maximum Gasteiger partial charge on any atom is 0.254 e. The highest BCUT2D eigenvalue weighted by atomic mass is 19.1. The number of amides is 1. The third kappa shape index (κ3) is 4.99. The fourth-order valence-electron chi connectivity index (χ4n) is 5.48. The summed E-state index contributed by atoms with van der Waals surface area (Å²) in [5.74, 6) is 0.158. The Kier molecular flexibility index (Phi) is 7.09. The minimum absolute atomic E-state index is 0.00954. The van der Waals surface area contributed by atoms with Crippen molar-refractivity contribution in [2.75, 3.05) is 57.7 Å². The Morgan fingerprint density at radius 3 is 2.95 bits per heavy atom. The topological polar surface area (TPSA) is 96.3 Å². The Bertz CT molecular complexity index is 1570. The van der Waals surface area contributed by atoms with Crippen molar-refractivity contribution in [1.82, 2.24) is 24.6 Å². The molecule has 0 bridgehead atoms. The number of rotatable bonds is 8. The van der Waals surface area contributed by atoms with Gasteiger partial charge in [0.15, 0.2) is 0 Å². The van der Waals surface area contributed by atoms with Crippen LogP contribution in [0.5, 0.6) is 0 Å². The van der Waals surface area contributed by atoms with Gasteiger partial charge in [0.05, 0.1) is 53.8 Å². The van der Waals surface area contributed by atoms with Crippen LogP contribution in [-0.4, -0.2) is 78.8 Å². The molecule has 1 saturated heterocycles. The van der Waals surface area contributed by atoms with E-state index in [1.54, 1.807) is 19.5 Å². The molecule has 0 aliphatic carbocycles. The SMILES string of the molecule is COC[C@H]1CN(c2ccc(Nc3ccc(-c4cnc5cc(F)ccn45)c4c3C(=O)NC4)nc2CN(C)C)CCO1. The number of morpholine rings is 1. The van der Waals surface area contributed by atoms with E-state index in [0.717, 1.165) is 41.3 Å². The molecule has 3 aromatic heterocycles. The summed E-state index contributed by atoms with van der Waals surface area (Å²) >= 11 is 0. The molecule has 2 aliphatic rings. The Hall–Kier alpha value is -4.06. The van der Waals surface area contributed by atoms with Gasteiger partial charge in [0, 0.05) is 51.1 Å². The summed E-state index contributed by atoms with van der Waals surface area (Å²) in [4.78, 5) is 26.7. The van der Waals surface area contributed by atoms with Gasteiger partial charge in [-0.1, -0.05) is 6.07 Å². The molecular formula is C29H32FN7O3. The minimum Gasteiger partial charge on any atom is -0.382 e. The number of ether oxygens (including phenoxy) is 2. The van der Waals surface area contributed by atoms with E-state index in [1.807, 2.05) is 36.7 Å². The number of carbonyl (C=O) groups excluding carboxylic acids is 1. The molecular weight excluding hydrogens is 513 g/mol. The van der Waals surface area contributed by atoms with E-state index in [0.29, 0.717) is 49.0 Å². The van der Waals surface area contributed by atoms with E-state index in [9.17, 15) is 9.18 Å². The number of anilines is 3. The van der Waals surface area contributed by atoms with Crippen molar-refractivity contribution in [2.45, 2.75) is 19.2 Å². The molecule has 6 rings (SSSR count). The highest BCUT2D eigenvalue weighted by molar-refractivity contribution is 6.06. The van der Waals surface area contributed by atoms with Gasteiger partial charge < -0.3 is 29.9 Å². The number of aromatic nitrogens is 3. The van der Waals surface area contributed by atoms with Crippen molar-refractivity contribution in [2.24, 2.45) is 0 Å². The summed E-state index contributed by atoms with van der Waals surface area (Å²) in [5.41, 5.74) is 6.28. The van der Waals surface area contributed by atoms with Gasteiger partial charge in [-0.3, -0.25) is 9.20 Å². The number of benzene rings is 1. The summed E-state index contributed by atoms with van der Waals surface area (Å²) in [6, 6.07) is 10.7. The van der Waals surface area contributed by atoms with Crippen LogP contribution in [0.2, 0.25) is 0 Å². The molecule has 1 atom stereocenters. The molecule has 40 heavy (non-hydrogen) atoms. The van der Waals surface area contributed by atoms with Crippen LogP contribution in [0.4, 0.5) is 21.6 Å². The van der Waals surface area contributed by atoms with Crippen LogP contribution in [0.3, 0.4) is 0 Å². The molecule has 2 N–H and O–H groups in total. The first-order valence-electron chi connectivity index (χ1n) is 13.3. The standard InChI is InChI=1S/C29H32FN7O3/c1-35(2)16-23-24(36-10-11-40-19(15-36)17-39-3)6-7-26(34-23)33-22-5-4-20(21-13-32-29(38)28(21)22)25-14-31-27-12-18(30)8-9-37(25)27/h4-9,12,14,19H,10-11,13,15-17H2,1-3H3,(H,32,38)(H,33,34)/t19-/m1/s1. The number of carbonyl (C=O) groups is 1. The predicted molar refractivity (Wildman–Crippen MR) is 150 cm³/mol. The van der Waals surface area contributed by atoms with Gasteiger partial charge in [0.1, 0.15) is 17.3 Å². The lowest BCUT2D eigenvalue weighted by molar-refractivity contribution is -0.0101. The Labute approximate surface area is 231 Å². The molecule has 4 aromatic rings. The van der Waals surface area contributed by atoms with Gasteiger partial charge in [-0.15, -0.1) is 0 Å². The Morgan fingerprint density at radius 1 is 1.25 bits per heavy atom. The van der Waals surface area contributed by atoms with E-state index >= 15 is 0 Å². The van der Waals surface area contributed by atoms with Crippen molar-refractivity contribution >= 4 is 28.7 Å². The summed E-state index contributed by atoms with van der Waals surface area (Å²) in [6.07, 6.45) is 3.37. The number of fused-ring (bicyclic) bond motifs is 2. The lowest BCUT2D eigenvalue weighted by Crippen LogP contribution is -2.45. The zero-order chi connectivity index (χ0) is 27.8. The highest BCUT2D eigenvalue weighted by Crippen LogP contribution is 2.36. The van der Waals surface area contributed by atoms with Crippen LogP contribution in [0, 0.1) is 5.82 Å². The van der Waals surface area contributed by atoms with E-state index < -0.39 is 0 Å². The number of nitrogens with zero attached hydrogens (tertiary/aromatic N) is 5. The summed E-state index contributed by atoms with van der Waals surface area (Å²) in [7, 11) is 5.72. The number of hydrogen-bond acceptors (Lipinski definition) is 8. The molecule has 0 spiro atoms. The largest absolute Gasteiger partial charge is 0.382 e. The van der Waals surface area contributed by atoms with Gasteiger partial charge in [-0.2, -0.15) is 0 Å². The average Bonchev–Trinajstić information content (AvgIpc) is 3.53. The zero-order valence-electron chi connectivity index (χ0n) is 22.8. The normalized spacial score (nSPS) is 17.0. The van der Waals surface area contributed by atoms with Gasteiger partial charge in [0.25, 0.3) is 5.91 Å². The monoisotopic (exact) mass is 545 g/mol. The van der Waals surface area contributed by atoms with Crippen LogP contribution < -0.4 is 15.5 Å². The van der Waals surface area contributed by atoms with Gasteiger partial charge in [0.2, 0.25) is 0 Å². The third-order valence-corrected chi connectivity index (χ3v) is 7.23. The van der Waals surface area contributed by atoms with Crippen molar-refractivity contribution in [1.29, 1.82) is 0 Å². The highest BCUT2D eigenvalue weighted by Gasteiger charge is 2.28. The quantitative estimate of drug-likeness (QED) is 0.348. The lowest BCUT2D eigenvalue weighted by atomic mass is 9.99. The van der Waals surface area contributed by atoms with E-state index in [1.165, 1.54) is 12.1 Å². The van der Waals surface area contributed by atoms with Crippen molar-refractivity contribution < 1.29 is 18.7 Å². The number of nitrogens with one attached hydrogen (secondary N) is 2. The lowest BCUT2D eigenvalue weighted by Gasteiger charge is -2.35. The molecule has 1 aromatic carbocycles. The molecule has 2 aliphatic heterocycles. The van der Waals surface area contributed by atoms with Gasteiger partial charge >= 0.3 is 0 Å². The second-order valence-electron chi connectivity index (χ2n) is 10.3. The van der Waals surface area contributed by atoms with E-state index in [4.69, 9.17) is 14.5 Å². The molecule has 0 unspecified atom stereocenters. The van der Waals surface area contributed by atoms with Crippen molar-refractivity contribution in [3.05, 3.63) is 71.4 Å². The fourth-order valence-corrected chi connectivity index (χ4v) is 5.48. The Morgan fingerprint density at radius 2 is 2.12 bits per heavy atom. The third-order valence-electron chi connectivity index (χ3n) is 7.23. The number of halogens is 1. The molecule has 0 saturated carbocycles. The molecule has 11 heteroatoms. The van der Waals surface area contributed by atoms with E-state index in [-0.39, 0.29) is 17.8 Å². The van der Waals surface area contributed by atoms with Crippen molar-refractivity contribution in [3.63, 3.8) is 0 Å². The number of pyridine rings is 2. The second-order valence-corrected chi connectivity index (χ2v) is 10.3. The minimum atomic E-state index is -0.346. The average molecular weight is 546 g/mol. The first-order valence-corrected chi connectivity index (χ1v) is 13.3. The van der Waals surface area contributed by atoms with Crippen LogP contribution in [-0.2, 0) is 22.6 Å². The number of hydrogen-bond donors (Lipinski definition) is 2. The number of methoxy groups -OCH3 is 1. The molecule has 10 nitrogen and oxygen atoms in total. The first kappa shape index (κ1) is 26.2. The van der Waals surface area contributed by atoms with Gasteiger partial charge in [-0.25, -0.2) is 14.4 Å². The summed E-state index contributed by atoms with van der Waals surface area (Å²) in [6.45, 7) is 3.73. The molecule has 208 valence electrons. The smallest absolute Gasteiger partial charge is 0.254 e. The maximum absolute atomic E-state index is 13.7. The fraction of sp³-hybridized carbons (Fsp3) is 0.345. The predicted octanol–water partition coefficient (Wildman–Crippen LogP) is 3.44. The molecule has 1 amide bonds. The van der Waals surface area contributed by atoms with Crippen LogP contribution in [0.25, 0.3) is 16.9 Å². The van der Waals surface area contributed by atoms with Crippen LogP contribution in [0.1, 0.15) is 21.6 Å². The first-order chi connectivity index (χ1) is 19.4. The summed E-state index contributed by atoms with van der Waals surface area (Å²) in [5, 5.41) is 6.35. The number of imidazole rings is 1. The Balaban J connectivity index is 1.33.